The number of nitrogens with one attached hydrogen (secondary N) is 1. The lowest BCUT2D eigenvalue weighted by molar-refractivity contribution is -0.133. The zero-order valence-corrected chi connectivity index (χ0v) is 15.6. The van der Waals surface area contributed by atoms with Crippen molar-refractivity contribution in [2.45, 2.75) is 25.8 Å². The minimum absolute atomic E-state index is 0.133. The largest absolute Gasteiger partial charge is 0.341 e. The van der Waals surface area contributed by atoms with Gasteiger partial charge in [0.05, 0.1) is 10.8 Å². The molecule has 0 bridgehead atoms. The number of rotatable bonds is 4. The second-order valence-electron chi connectivity index (χ2n) is 7.39. The minimum Gasteiger partial charge on any atom is -0.341 e. The van der Waals surface area contributed by atoms with E-state index in [9.17, 15) is 14.4 Å². The molecule has 1 aromatic heterocycles. The molecule has 0 aliphatic carbocycles. The Bertz CT molecular complexity index is 1090. The summed E-state index contributed by atoms with van der Waals surface area (Å²) in [7, 11) is 0. The zero-order valence-electron chi connectivity index (χ0n) is 15.6. The van der Waals surface area contributed by atoms with Crippen LogP contribution in [-0.4, -0.2) is 33.7 Å². The van der Waals surface area contributed by atoms with Crippen LogP contribution in [0.2, 0.25) is 0 Å². The average molecular weight is 377 g/mol. The van der Waals surface area contributed by atoms with Crippen LogP contribution < -0.4 is 11.1 Å². The molecule has 1 N–H and O–H groups in total. The fraction of sp³-hybridized carbons (Fsp3) is 0.318. The van der Waals surface area contributed by atoms with Crippen molar-refractivity contribution >= 4 is 16.7 Å². The molecule has 4 rings (SSSR count). The first kappa shape index (κ1) is 18.2. The number of carbonyl (C=O) groups excluding carboxylic acids is 1. The summed E-state index contributed by atoms with van der Waals surface area (Å²) in [4.78, 5) is 39.2. The Hall–Kier alpha value is -3.15. The van der Waals surface area contributed by atoms with Gasteiger partial charge in [-0.05, 0) is 42.9 Å². The first-order valence-electron chi connectivity index (χ1n) is 9.65. The number of likely N-dealkylation sites (tertiary alicyclic amines) is 1. The molecule has 3 aromatic rings. The Labute approximate surface area is 162 Å². The molecule has 0 radical (unpaired) electrons. The normalized spacial score (nSPS) is 15.1. The number of benzene rings is 2. The van der Waals surface area contributed by atoms with Gasteiger partial charge in [-0.25, -0.2) is 4.68 Å². The van der Waals surface area contributed by atoms with Crippen LogP contribution in [-0.2, 0) is 17.8 Å². The predicted molar refractivity (Wildman–Crippen MR) is 108 cm³/mol. The number of hydrogen-bond donors (Lipinski definition) is 1. The van der Waals surface area contributed by atoms with Gasteiger partial charge in [-0.3, -0.25) is 19.5 Å². The van der Waals surface area contributed by atoms with E-state index in [2.05, 4.69) is 29.4 Å². The summed E-state index contributed by atoms with van der Waals surface area (Å²) in [5.41, 5.74) is 0.625. The van der Waals surface area contributed by atoms with Crippen LogP contribution in [0.15, 0.2) is 64.2 Å². The van der Waals surface area contributed by atoms with Gasteiger partial charge in [-0.15, -0.1) is 0 Å². The molecule has 1 fully saturated rings. The van der Waals surface area contributed by atoms with Gasteiger partial charge in [0.1, 0.15) is 6.54 Å². The van der Waals surface area contributed by atoms with Crippen molar-refractivity contribution in [1.82, 2.24) is 14.7 Å². The molecule has 1 saturated heterocycles. The van der Waals surface area contributed by atoms with Crippen LogP contribution in [0.3, 0.4) is 0 Å². The third kappa shape index (κ3) is 3.76. The third-order valence-electron chi connectivity index (χ3n) is 5.51. The van der Waals surface area contributed by atoms with Gasteiger partial charge < -0.3 is 4.90 Å². The number of nitrogens with zero attached hydrogens (tertiary/aromatic N) is 2. The van der Waals surface area contributed by atoms with Crippen LogP contribution >= 0.6 is 0 Å². The topological polar surface area (TPSA) is 75.2 Å². The fourth-order valence-corrected chi connectivity index (χ4v) is 3.93. The third-order valence-corrected chi connectivity index (χ3v) is 5.51. The number of hydrogen-bond acceptors (Lipinski definition) is 3. The highest BCUT2D eigenvalue weighted by molar-refractivity contribution is 5.81. The quantitative estimate of drug-likeness (QED) is 0.757. The summed E-state index contributed by atoms with van der Waals surface area (Å²) < 4.78 is 1.13. The van der Waals surface area contributed by atoms with Gasteiger partial charge in [0.2, 0.25) is 5.91 Å². The Morgan fingerprint density at radius 3 is 2.29 bits per heavy atom. The molecule has 2 heterocycles. The molecule has 0 spiro atoms. The SMILES string of the molecule is O=C(Cn1[nH]c(=O)c2ccccc2c1=O)N1CCC(Cc2ccccc2)CC1. The minimum atomic E-state index is -0.357. The highest BCUT2D eigenvalue weighted by Gasteiger charge is 2.23. The van der Waals surface area contributed by atoms with E-state index in [1.54, 1.807) is 29.2 Å². The second-order valence-corrected chi connectivity index (χ2v) is 7.39. The van der Waals surface area contributed by atoms with Crippen LogP contribution in [0.5, 0.6) is 0 Å². The van der Waals surface area contributed by atoms with E-state index in [0.29, 0.717) is 29.8 Å². The van der Waals surface area contributed by atoms with Crippen molar-refractivity contribution in [1.29, 1.82) is 0 Å². The van der Waals surface area contributed by atoms with Crippen molar-refractivity contribution in [2.24, 2.45) is 5.92 Å². The number of piperidine rings is 1. The first-order chi connectivity index (χ1) is 13.6. The number of amides is 1. The summed E-state index contributed by atoms with van der Waals surface area (Å²) in [5.74, 6) is 0.431. The monoisotopic (exact) mass is 377 g/mol. The van der Waals surface area contributed by atoms with E-state index < -0.39 is 0 Å². The van der Waals surface area contributed by atoms with Gasteiger partial charge >= 0.3 is 0 Å². The predicted octanol–water partition coefficient (Wildman–Crippen LogP) is 2.17. The fourth-order valence-electron chi connectivity index (χ4n) is 3.93. The maximum Gasteiger partial charge on any atom is 0.273 e. The average Bonchev–Trinajstić information content (AvgIpc) is 2.73. The van der Waals surface area contributed by atoms with Crippen molar-refractivity contribution in [2.75, 3.05) is 13.1 Å². The lowest BCUT2D eigenvalue weighted by Crippen LogP contribution is -2.43. The molecule has 1 amide bonds. The maximum absolute atomic E-state index is 12.7. The van der Waals surface area contributed by atoms with Crippen molar-refractivity contribution in [3.8, 4) is 0 Å². The molecular weight excluding hydrogens is 354 g/mol. The molecule has 1 aliphatic heterocycles. The van der Waals surface area contributed by atoms with Crippen molar-refractivity contribution in [3.63, 3.8) is 0 Å². The van der Waals surface area contributed by atoms with Gasteiger partial charge in [0.15, 0.2) is 0 Å². The molecule has 6 heteroatoms. The maximum atomic E-state index is 12.7. The highest BCUT2D eigenvalue weighted by Crippen LogP contribution is 2.21. The second kappa shape index (κ2) is 7.84. The van der Waals surface area contributed by atoms with Gasteiger partial charge in [-0.2, -0.15) is 0 Å². The molecule has 0 saturated carbocycles. The van der Waals surface area contributed by atoms with Crippen LogP contribution in [0.4, 0.5) is 0 Å². The molecule has 2 aromatic carbocycles. The van der Waals surface area contributed by atoms with Gasteiger partial charge in [-0.1, -0.05) is 42.5 Å². The lowest BCUT2D eigenvalue weighted by Gasteiger charge is -2.32. The first-order valence-corrected chi connectivity index (χ1v) is 9.65. The number of aromatic amines is 1. The van der Waals surface area contributed by atoms with Gasteiger partial charge in [0, 0.05) is 13.1 Å². The van der Waals surface area contributed by atoms with Crippen molar-refractivity contribution in [3.05, 3.63) is 80.9 Å². The molecule has 0 unspecified atom stereocenters. The Kier molecular flexibility index (Phi) is 5.10. The number of fused-ring (bicyclic) bond motifs is 1. The van der Waals surface area contributed by atoms with Gasteiger partial charge in [0.25, 0.3) is 11.1 Å². The van der Waals surface area contributed by atoms with Crippen LogP contribution in [0.25, 0.3) is 10.8 Å². The Morgan fingerprint density at radius 1 is 0.929 bits per heavy atom. The molecule has 28 heavy (non-hydrogen) atoms. The molecule has 0 atom stereocenters. The summed E-state index contributed by atoms with van der Waals surface area (Å²) in [6.45, 7) is 1.23. The summed E-state index contributed by atoms with van der Waals surface area (Å²) in [5, 5.41) is 3.21. The van der Waals surface area contributed by atoms with E-state index in [4.69, 9.17) is 0 Å². The Morgan fingerprint density at radius 2 is 1.57 bits per heavy atom. The zero-order chi connectivity index (χ0) is 19.5. The summed E-state index contributed by atoms with van der Waals surface area (Å²) >= 11 is 0. The van der Waals surface area contributed by atoms with Crippen LogP contribution in [0.1, 0.15) is 18.4 Å². The summed E-state index contributed by atoms with van der Waals surface area (Å²) in [6, 6.07) is 17.1. The lowest BCUT2D eigenvalue weighted by atomic mass is 9.90. The summed E-state index contributed by atoms with van der Waals surface area (Å²) in [6.07, 6.45) is 2.92. The molecule has 6 nitrogen and oxygen atoms in total. The van der Waals surface area contributed by atoms with E-state index in [1.165, 1.54) is 5.56 Å². The smallest absolute Gasteiger partial charge is 0.273 e. The van der Waals surface area contributed by atoms with E-state index in [0.717, 1.165) is 23.9 Å². The van der Waals surface area contributed by atoms with E-state index >= 15 is 0 Å². The molecule has 144 valence electrons. The number of carbonyl (C=O) groups is 1. The Balaban J connectivity index is 1.41. The number of H-pyrrole nitrogens is 1. The number of aromatic nitrogens is 2. The van der Waals surface area contributed by atoms with E-state index in [-0.39, 0.29) is 23.6 Å². The van der Waals surface area contributed by atoms with E-state index in [1.807, 2.05) is 6.07 Å². The van der Waals surface area contributed by atoms with Crippen LogP contribution in [0, 0.1) is 5.92 Å². The standard InChI is InChI=1S/C22H23N3O3/c26-20(15-25-22(28)19-9-5-4-8-18(19)21(27)23-25)24-12-10-17(11-13-24)14-16-6-2-1-3-7-16/h1-9,17H,10-15H2,(H,23,27). The molecule has 1 aliphatic rings. The molecular formula is C22H23N3O3. The van der Waals surface area contributed by atoms with Crippen molar-refractivity contribution < 1.29 is 4.79 Å². The highest BCUT2D eigenvalue weighted by atomic mass is 16.2.